The van der Waals surface area contributed by atoms with Gasteiger partial charge in [0.2, 0.25) is 10.0 Å². The minimum Gasteiger partial charge on any atom is -0.399 e. The molecule has 0 spiro atoms. The van der Waals surface area contributed by atoms with E-state index in [1.807, 2.05) is 0 Å². The third-order valence-electron chi connectivity index (χ3n) is 2.97. The van der Waals surface area contributed by atoms with Crippen LogP contribution in [0.4, 0.5) is 5.69 Å². The fraction of sp³-hybridized carbons (Fsp3) is 0.500. The molecule has 1 heterocycles. The molecule has 6 heteroatoms. The van der Waals surface area contributed by atoms with E-state index in [1.54, 1.807) is 36.9 Å². The number of sulfonamides is 1. The van der Waals surface area contributed by atoms with Crippen LogP contribution in [-0.2, 0) is 10.0 Å². The van der Waals surface area contributed by atoms with Gasteiger partial charge in [-0.05, 0) is 49.3 Å². The fourth-order valence-electron chi connectivity index (χ4n) is 2.09. The Morgan fingerprint density at radius 1 is 1.44 bits per heavy atom. The number of nitrogens with two attached hydrogens (primary N) is 1. The average molecular weight is 286 g/mol. The van der Waals surface area contributed by atoms with Gasteiger partial charge in [0.05, 0.1) is 4.90 Å². The lowest BCUT2D eigenvalue weighted by atomic mass is 10.2. The van der Waals surface area contributed by atoms with Crippen molar-refractivity contribution in [3.8, 4) is 0 Å². The van der Waals surface area contributed by atoms with E-state index >= 15 is 0 Å². The van der Waals surface area contributed by atoms with E-state index in [2.05, 4.69) is 4.72 Å². The summed E-state index contributed by atoms with van der Waals surface area (Å²) in [5, 5.41) is 0. The molecule has 1 unspecified atom stereocenters. The van der Waals surface area contributed by atoms with Crippen molar-refractivity contribution in [3.05, 3.63) is 23.8 Å². The first-order chi connectivity index (χ1) is 8.49. The Morgan fingerprint density at radius 3 is 2.83 bits per heavy atom. The van der Waals surface area contributed by atoms with Crippen molar-refractivity contribution in [1.82, 2.24) is 4.72 Å². The van der Waals surface area contributed by atoms with E-state index in [-0.39, 0.29) is 6.04 Å². The highest BCUT2D eigenvalue weighted by Gasteiger charge is 2.23. The van der Waals surface area contributed by atoms with Gasteiger partial charge in [0, 0.05) is 17.5 Å². The standard InChI is InChI=1S/C12H18N2O2S2/c1-9-7-10(13)4-5-12(9)18(15,16)14-11-3-2-6-17-8-11/h4-5,7,11,14H,2-3,6,8,13H2,1H3. The Labute approximate surface area is 112 Å². The van der Waals surface area contributed by atoms with Gasteiger partial charge in [-0.25, -0.2) is 13.1 Å². The molecule has 18 heavy (non-hydrogen) atoms. The van der Waals surface area contributed by atoms with Crippen LogP contribution in [0.3, 0.4) is 0 Å². The smallest absolute Gasteiger partial charge is 0.241 e. The van der Waals surface area contributed by atoms with Gasteiger partial charge in [0.1, 0.15) is 0 Å². The molecule has 1 aromatic carbocycles. The van der Waals surface area contributed by atoms with Crippen LogP contribution in [0.5, 0.6) is 0 Å². The van der Waals surface area contributed by atoms with Gasteiger partial charge in [-0.1, -0.05) is 0 Å². The largest absolute Gasteiger partial charge is 0.399 e. The molecule has 4 nitrogen and oxygen atoms in total. The molecule has 2 rings (SSSR count). The summed E-state index contributed by atoms with van der Waals surface area (Å²) in [7, 11) is -3.43. The normalized spacial score (nSPS) is 20.8. The second-order valence-electron chi connectivity index (χ2n) is 4.56. The molecule has 1 aliphatic rings. The molecule has 0 amide bonds. The summed E-state index contributed by atoms with van der Waals surface area (Å²) in [5.41, 5.74) is 6.91. The number of nitrogens with one attached hydrogen (secondary N) is 1. The summed E-state index contributed by atoms with van der Waals surface area (Å²) in [5.74, 6) is 1.98. The number of hydrogen-bond donors (Lipinski definition) is 2. The SMILES string of the molecule is Cc1cc(N)ccc1S(=O)(=O)NC1CCCSC1. The Hall–Kier alpha value is -0.720. The first kappa shape index (κ1) is 13.7. The molecule has 100 valence electrons. The van der Waals surface area contributed by atoms with Gasteiger partial charge in [-0.2, -0.15) is 11.8 Å². The van der Waals surface area contributed by atoms with E-state index in [9.17, 15) is 8.42 Å². The number of benzene rings is 1. The fourth-order valence-corrected chi connectivity index (χ4v) is 4.77. The molecule has 0 aliphatic carbocycles. The summed E-state index contributed by atoms with van der Waals surface area (Å²) < 4.78 is 27.3. The first-order valence-electron chi connectivity index (χ1n) is 5.95. The number of rotatable bonds is 3. The van der Waals surface area contributed by atoms with Crippen molar-refractivity contribution in [1.29, 1.82) is 0 Å². The lowest BCUT2D eigenvalue weighted by molar-refractivity contribution is 0.542. The zero-order valence-corrected chi connectivity index (χ0v) is 12.0. The van der Waals surface area contributed by atoms with Crippen molar-refractivity contribution >= 4 is 27.5 Å². The van der Waals surface area contributed by atoms with Gasteiger partial charge in [-0.15, -0.1) is 0 Å². The van der Waals surface area contributed by atoms with Gasteiger partial charge in [-0.3, -0.25) is 0 Å². The lowest BCUT2D eigenvalue weighted by Gasteiger charge is -2.22. The summed E-state index contributed by atoms with van der Waals surface area (Å²) in [6, 6.07) is 4.93. The Bertz CT molecular complexity index is 523. The molecule has 1 aromatic rings. The van der Waals surface area contributed by atoms with Crippen LogP contribution in [0.2, 0.25) is 0 Å². The van der Waals surface area contributed by atoms with Crippen LogP contribution < -0.4 is 10.5 Å². The quantitative estimate of drug-likeness (QED) is 0.830. The van der Waals surface area contributed by atoms with Crippen molar-refractivity contribution in [2.75, 3.05) is 17.2 Å². The molecule has 0 aromatic heterocycles. The highest BCUT2D eigenvalue weighted by atomic mass is 32.2. The molecule has 0 radical (unpaired) electrons. The molecular weight excluding hydrogens is 268 g/mol. The Balaban J connectivity index is 2.19. The average Bonchev–Trinajstić information content (AvgIpc) is 2.29. The topological polar surface area (TPSA) is 72.2 Å². The van der Waals surface area contributed by atoms with Crippen molar-refractivity contribution < 1.29 is 8.42 Å². The van der Waals surface area contributed by atoms with Crippen molar-refractivity contribution in [2.24, 2.45) is 0 Å². The Morgan fingerprint density at radius 2 is 2.22 bits per heavy atom. The number of nitrogen functional groups attached to an aromatic ring is 1. The summed E-state index contributed by atoms with van der Waals surface area (Å²) >= 11 is 1.80. The minimum atomic E-state index is -3.43. The third kappa shape index (κ3) is 3.18. The minimum absolute atomic E-state index is 0.0469. The maximum Gasteiger partial charge on any atom is 0.241 e. The zero-order chi connectivity index (χ0) is 13.2. The van der Waals surface area contributed by atoms with E-state index in [1.165, 1.54) is 0 Å². The molecular formula is C12H18N2O2S2. The van der Waals surface area contributed by atoms with Crippen molar-refractivity contribution in [3.63, 3.8) is 0 Å². The molecule has 1 fully saturated rings. The molecule has 0 saturated carbocycles. The molecule has 1 aliphatic heterocycles. The van der Waals surface area contributed by atoms with Gasteiger partial charge >= 0.3 is 0 Å². The summed E-state index contributed by atoms with van der Waals surface area (Å²) in [6.07, 6.45) is 1.98. The number of anilines is 1. The van der Waals surface area contributed by atoms with Crippen LogP contribution in [0.15, 0.2) is 23.1 Å². The monoisotopic (exact) mass is 286 g/mol. The predicted molar refractivity (Wildman–Crippen MR) is 76.3 cm³/mol. The van der Waals surface area contributed by atoms with Gasteiger partial charge < -0.3 is 5.73 Å². The number of hydrogen-bond acceptors (Lipinski definition) is 4. The zero-order valence-electron chi connectivity index (χ0n) is 10.3. The number of thioether (sulfide) groups is 1. The second-order valence-corrected chi connectivity index (χ2v) is 7.39. The van der Waals surface area contributed by atoms with Crippen molar-refractivity contribution in [2.45, 2.75) is 30.7 Å². The highest BCUT2D eigenvalue weighted by Crippen LogP contribution is 2.21. The molecule has 0 bridgehead atoms. The van der Waals surface area contributed by atoms with Crippen LogP contribution in [-0.4, -0.2) is 26.0 Å². The maximum atomic E-state index is 12.3. The van der Waals surface area contributed by atoms with Crippen LogP contribution in [0.1, 0.15) is 18.4 Å². The highest BCUT2D eigenvalue weighted by molar-refractivity contribution is 7.99. The van der Waals surface area contributed by atoms with Crippen LogP contribution >= 0.6 is 11.8 Å². The lowest BCUT2D eigenvalue weighted by Crippen LogP contribution is -2.38. The van der Waals surface area contributed by atoms with Gasteiger partial charge in [0.15, 0.2) is 0 Å². The molecule has 3 N–H and O–H groups in total. The molecule has 1 saturated heterocycles. The van der Waals surface area contributed by atoms with E-state index < -0.39 is 10.0 Å². The van der Waals surface area contributed by atoms with E-state index in [0.717, 1.165) is 24.3 Å². The van der Waals surface area contributed by atoms with E-state index in [4.69, 9.17) is 5.73 Å². The van der Waals surface area contributed by atoms with Crippen LogP contribution in [0, 0.1) is 6.92 Å². The van der Waals surface area contributed by atoms with Gasteiger partial charge in [0.25, 0.3) is 0 Å². The predicted octanol–water partition coefficient (Wildman–Crippen LogP) is 1.75. The summed E-state index contributed by atoms with van der Waals surface area (Å²) in [6.45, 7) is 1.76. The first-order valence-corrected chi connectivity index (χ1v) is 8.59. The maximum absolute atomic E-state index is 12.3. The second kappa shape index (κ2) is 5.50. The Kier molecular flexibility index (Phi) is 4.19. The third-order valence-corrected chi connectivity index (χ3v) is 5.87. The molecule has 1 atom stereocenters. The van der Waals surface area contributed by atoms with E-state index in [0.29, 0.717) is 16.1 Å². The summed E-state index contributed by atoms with van der Waals surface area (Å²) in [4.78, 5) is 0.326. The number of aryl methyl sites for hydroxylation is 1. The van der Waals surface area contributed by atoms with Crippen LogP contribution in [0.25, 0.3) is 0 Å².